The first kappa shape index (κ1) is 23.9. The van der Waals surface area contributed by atoms with E-state index in [9.17, 15) is 18.0 Å². The molecule has 0 atom stereocenters. The number of hydrogen-bond donors (Lipinski definition) is 1. The average molecular weight is 448 g/mol. The maximum absolute atomic E-state index is 12.3. The zero-order valence-corrected chi connectivity index (χ0v) is 18.4. The summed E-state index contributed by atoms with van der Waals surface area (Å²) in [6.07, 6.45) is 3.06. The molecular formula is C21H25N3O6S. The van der Waals surface area contributed by atoms with E-state index in [1.54, 1.807) is 36.4 Å². The fourth-order valence-electron chi connectivity index (χ4n) is 2.66. The molecule has 0 aliphatic heterocycles. The van der Waals surface area contributed by atoms with Crippen LogP contribution in [-0.4, -0.2) is 53.0 Å². The molecule has 2 aromatic carbocycles. The number of nitrogens with one attached hydrogen (secondary N) is 1. The molecule has 0 saturated carbocycles. The summed E-state index contributed by atoms with van der Waals surface area (Å²) in [5.41, 5.74) is 4.21. The lowest BCUT2D eigenvalue weighted by atomic mass is 10.1. The summed E-state index contributed by atoms with van der Waals surface area (Å²) in [4.78, 5) is 23.5. The van der Waals surface area contributed by atoms with Crippen molar-refractivity contribution in [2.24, 2.45) is 5.10 Å². The fourth-order valence-corrected chi connectivity index (χ4v) is 3.55. The number of hydrazone groups is 1. The molecule has 0 aliphatic rings. The Labute approximate surface area is 181 Å². The van der Waals surface area contributed by atoms with Crippen LogP contribution in [0.2, 0.25) is 0 Å². The topological polar surface area (TPSA) is 114 Å². The number of anilines is 1. The summed E-state index contributed by atoms with van der Waals surface area (Å²) in [7, 11) is -2.41. The van der Waals surface area contributed by atoms with Crippen LogP contribution >= 0.6 is 0 Å². The Morgan fingerprint density at radius 1 is 1.16 bits per heavy atom. The third-order valence-electron chi connectivity index (χ3n) is 4.17. The van der Waals surface area contributed by atoms with Gasteiger partial charge in [0.05, 0.1) is 25.3 Å². The van der Waals surface area contributed by atoms with E-state index in [1.165, 1.54) is 13.3 Å². The fraction of sp³-hybridized carbons (Fsp3) is 0.286. The number of hydrogen-bond acceptors (Lipinski definition) is 7. The van der Waals surface area contributed by atoms with Crippen LogP contribution in [0.4, 0.5) is 5.69 Å². The van der Waals surface area contributed by atoms with Gasteiger partial charge in [-0.3, -0.25) is 9.10 Å². The molecule has 0 heterocycles. The van der Waals surface area contributed by atoms with Gasteiger partial charge in [0.15, 0.2) is 6.61 Å². The van der Waals surface area contributed by atoms with Crippen LogP contribution in [-0.2, 0) is 30.8 Å². The minimum Gasteiger partial charge on any atom is -0.482 e. The van der Waals surface area contributed by atoms with Crippen LogP contribution in [0.25, 0.3) is 0 Å². The molecule has 31 heavy (non-hydrogen) atoms. The average Bonchev–Trinajstić information content (AvgIpc) is 2.75. The zero-order valence-electron chi connectivity index (χ0n) is 17.6. The zero-order chi connectivity index (χ0) is 22.9. The smallest absolute Gasteiger partial charge is 0.343 e. The number of aryl methyl sites for hydroxylation is 1. The van der Waals surface area contributed by atoms with Gasteiger partial charge in [-0.05, 0) is 35.7 Å². The molecule has 2 rings (SSSR count). The lowest BCUT2D eigenvalue weighted by Crippen LogP contribution is -2.39. The van der Waals surface area contributed by atoms with Crippen LogP contribution < -0.4 is 14.5 Å². The molecule has 0 aliphatic carbocycles. The van der Waals surface area contributed by atoms with Gasteiger partial charge in [-0.25, -0.2) is 18.6 Å². The minimum absolute atomic E-state index is 0.228. The molecule has 9 nitrogen and oxygen atoms in total. The number of nitrogens with zero attached hydrogens (tertiary/aromatic N) is 2. The highest BCUT2D eigenvalue weighted by Crippen LogP contribution is 2.23. The summed E-state index contributed by atoms with van der Waals surface area (Å²) in [6, 6.07) is 13.7. The Morgan fingerprint density at radius 3 is 2.58 bits per heavy atom. The first-order valence-electron chi connectivity index (χ1n) is 9.41. The Bertz CT molecular complexity index is 1050. The SMILES string of the molecule is CCc1ccccc1N(CC(=O)N/N=C\c1cccc(OCC(=O)OC)c1)S(C)(=O)=O. The molecule has 0 saturated heterocycles. The van der Waals surface area contributed by atoms with E-state index in [0.29, 0.717) is 23.4 Å². The van der Waals surface area contributed by atoms with E-state index in [0.717, 1.165) is 16.1 Å². The van der Waals surface area contributed by atoms with Gasteiger partial charge in [0, 0.05) is 0 Å². The molecule has 1 N–H and O–H groups in total. The molecule has 0 spiro atoms. The first-order chi connectivity index (χ1) is 14.7. The van der Waals surface area contributed by atoms with Gasteiger partial charge in [-0.1, -0.05) is 37.3 Å². The number of esters is 1. The van der Waals surface area contributed by atoms with Crippen LogP contribution in [0.3, 0.4) is 0 Å². The van der Waals surface area contributed by atoms with Crippen LogP contribution in [0.5, 0.6) is 5.75 Å². The summed E-state index contributed by atoms with van der Waals surface area (Å²) in [5.74, 6) is -0.669. The van der Waals surface area contributed by atoms with Gasteiger partial charge in [0.1, 0.15) is 12.3 Å². The van der Waals surface area contributed by atoms with Gasteiger partial charge in [-0.15, -0.1) is 0 Å². The number of amides is 1. The maximum atomic E-state index is 12.3. The van der Waals surface area contributed by atoms with Gasteiger partial charge in [0.2, 0.25) is 10.0 Å². The van der Waals surface area contributed by atoms with E-state index in [-0.39, 0.29) is 6.61 Å². The molecule has 10 heteroatoms. The Kier molecular flexibility index (Phi) is 8.56. The van der Waals surface area contributed by atoms with Crippen molar-refractivity contribution in [3.63, 3.8) is 0 Å². The summed E-state index contributed by atoms with van der Waals surface area (Å²) >= 11 is 0. The molecule has 0 bridgehead atoms. The highest BCUT2D eigenvalue weighted by Gasteiger charge is 2.22. The van der Waals surface area contributed by atoms with Crippen molar-refractivity contribution >= 4 is 33.8 Å². The van der Waals surface area contributed by atoms with Crippen LogP contribution in [0, 0.1) is 0 Å². The third kappa shape index (κ3) is 7.41. The quantitative estimate of drug-likeness (QED) is 0.337. The van der Waals surface area contributed by atoms with Crippen molar-refractivity contribution in [1.82, 2.24) is 5.43 Å². The predicted octanol–water partition coefficient (Wildman–Crippen LogP) is 1.72. The highest BCUT2D eigenvalue weighted by atomic mass is 32.2. The van der Waals surface area contributed by atoms with Gasteiger partial charge < -0.3 is 9.47 Å². The van der Waals surface area contributed by atoms with E-state index >= 15 is 0 Å². The Hall–Kier alpha value is -3.40. The lowest BCUT2D eigenvalue weighted by molar-refractivity contribution is -0.142. The van der Waals surface area contributed by atoms with Crippen LogP contribution in [0.1, 0.15) is 18.1 Å². The third-order valence-corrected chi connectivity index (χ3v) is 5.30. The number of para-hydroxylation sites is 1. The Balaban J connectivity index is 2.04. The lowest BCUT2D eigenvalue weighted by Gasteiger charge is -2.23. The second-order valence-corrected chi connectivity index (χ2v) is 8.39. The number of ether oxygens (including phenoxy) is 2. The second kappa shape index (κ2) is 11.1. The molecule has 166 valence electrons. The van der Waals surface area contributed by atoms with Gasteiger partial charge in [-0.2, -0.15) is 5.10 Å². The highest BCUT2D eigenvalue weighted by molar-refractivity contribution is 7.92. The van der Waals surface area contributed by atoms with Crippen molar-refractivity contribution in [3.05, 3.63) is 59.7 Å². The standard InChI is InChI=1S/C21H25N3O6S/c1-4-17-9-5-6-11-19(17)24(31(3,27)28)14-20(25)23-22-13-16-8-7-10-18(12-16)30-15-21(26)29-2/h5-13H,4,14-15H2,1-3H3,(H,23,25)/b22-13-. The maximum Gasteiger partial charge on any atom is 0.343 e. The Morgan fingerprint density at radius 2 is 1.90 bits per heavy atom. The number of carbonyl (C=O) groups excluding carboxylic acids is 2. The number of rotatable bonds is 10. The summed E-state index contributed by atoms with van der Waals surface area (Å²) in [6.45, 7) is 1.27. The minimum atomic E-state index is -3.68. The normalized spacial score (nSPS) is 11.2. The van der Waals surface area contributed by atoms with Crippen LogP contribution in [0.15, 0.2) is 53.6 Å². The molecule has 2 aromatic rings. The molecule has 1 amide bonds. The largest absolute Gasteiger partial charge is 0.482 e. The molecule has 0 fully saturated rings. The van der Waals surface area contributed by atoms with Gasteiger partial charge in [0.25, 0.3) is 5.91 Å². The molecule has 0 unspecified atom stereocenters. The van der Waals surface area contributed by atoms with Crippen molar-refractivity contribution in [2.75, 3.05) is 30.8 Å². The van der Waals surface area contributed by atoms with Crippen molar-refractivity contribution in [2.45, 2.75) is 13.3 Å². The predicted molar refractivity (Wildman–Crippen MR) is 118 cm³/mol. The van der Waals surface area contributed by atoms with E-state index in [1.807, 2.05) is 19.1 Å². The van der Waals surface area contributed by atoms with Crippen molar-refractivity contribution < 1.29 is 27.5 Å². The van der Waals surface area contributed by atoms with Crippen molar-refractivity contribution in [1.29, 1.82) is 0 Å². The number of carbonyl (C=O) groups is 2. The molecule has 0 radical (unpaired) electrons. The number of methoxy groups -OCH3 is 1. The molecule has 0 aromatic heterocycles. The first-order valence-corrected chi connectivity index (χ1v) is 11.3. The van der Waals surface area contributed by atoms with Gasteiger partial charge >= 0.3 is 5.97 Å². The number of benzene rings is 2. The summed E-state index contributed by atoms with van der Waals surface area (Å²) < 4.78 is 35.4. The molecular weight excluding hydrogens is 422 g/mol. The van der Waals surface area contributed by atoms with E-state index in [4.69, 9.17) is 4.74 Å². The second-order valence-electron chi connectivity index (χ2n) is 6.48. The monoisotopic (exact) mass is 447 g/mol. The summed E-state index contributed by atoms with van der Waals surface area (Å²) in [5, 5.41) is 3.87. The van der Waals surface area contributed by atoms with Crippen molar-refractivity contribution in [3.8, 4) is 5.75 Å². The van der Waals surface area contributed by atoms with E-state index < -0.39 is 28.4 Å². The van der Waals surface area contributed by atoms with E-state index in [2.05, 4.69) is 15.3 Å². The number of sulfonamides is 1.